The van der Waals surface area contributed by atoms with Gasteiger partial charge in [-0.15, -0.1) is 0 Å². The van der Waals surface area contributed by atoms with E-state index in [1.807, 2.05) is 74.5 Å². The van der Waals surface area contributed by atoms with Gasteiger partial charge in [0.25, 0.3) is 0 Å². The van der Waals surface area contributed by atoms with Crippen molar-refractivity contribution in [1.29, 1.82) is 0 Å². The molecule has 20 heavy (non-hydrogen) atoms. The summed E-state index contributed by atoms with van der Waals surface area (Å²) in [4.78, 5) is 0. The van der Waals surface area contributed by atoms with E-state index in [0.29, 0.717) is 0 Å². The highest BCUT2D eigenvalue weighted by atomic mass is 16.3. The van der Waals surface area contributed by atoms with Gasteiger partial charge in [-0.2, -0.15) is 0 Å². The van der Waals surface area contributed by atoms with E-state index in [4.69, 9.17) is 0 Å². The second-order valence-corrected chi connectivity index (χ2v) is 5.38. The monoisotopic (exact) mass is 270 g/mol. The Balaban J connectivity index is 2.10. The van der Waals surface area contributed by atoms with E-state index < -0.39 is 12.2 Å². The molecule has 0 fully saturated rings. The third kappa shape index (κ3) is 3.27. The molecule has 0 saturated heterocycles. The molecule has 0 aliphatic heterocycles. The molecule has 2 aromatic carbocycles. The summed E-state index contributed by atoms with van der Waals surface area (Å²) in [6, 6.07) is 19.6. The summed E-state index contributed by atoms with van der Waals surface area (Å²) in [5.74, 6) is -0.199. The van der Waals surface area contributed by atoms with Crippen molar-refractivity contribution in [2.24, 2.45) is 0 Å². The number of benzene rings is 2. The Hall–Kier alpha value is -1.64. The van der Waals surface area contributed by atoms with E-state index in [2.05, 4.69) is 0 Å². The average Bonchev–Trinajstić information content (AvgIpc) is 2.53. The summed E-state index contributed by atoms with van der Waals surface area (Å²) in [5.41, 5.74) is 2.08. The topological polar surface area (TPSA) is 40.5 Å². The Morgan fingerprint density at radius 1 is 0.600 bits per heavy atom. The van der Waals surface area contributed by atoms with Crippen LogP contribution in [0.4, 0.5) is 0 Å². The average molecular weight is 270 g/mol. The number of aliphatic hydroxyl groups is 2. The van der Waals surface area contributed by atoms with Gasteiger partial charge in [-0.25, -0.2) is 0 Å². The van der Waals surface area contributed by atoms with E-state index in [0.717, 1.165) is 11.1 Å². The van der Waals surface area contributed by atoms with Crippen LogP contribution < -0.4 is 0 Å². The molecule has 0 saturated carbocycles. The van der Waals surface area contributed by atoms with Crippen LogP contribution in [-0.4, -0.2) is 22.4 Å². The van der Waals surface area contributed by atoms with Crippen molar-refractivity contribution in [3.05, 3.63) is 71.8 Å². The molecular weight excluding hydrogens is 248 g/mol. The van der Waals surface area contributed by atoms with Crippen molar-refractivity contribution in [2.75, 3.05) is 0 Å². The molecule has 0 aliphatic rings. The number of hydrogen-bond donors (Lipinski definition) is 2. The van der Waals surface area contributed by atoms with Crippen LogP contribution in [0.15, 0.2) is 60.7 Å². The Morgan fingerprint density at radius 2 is 0.900 bits per heavy atom. The maximum atomic E-state index is 10.4. The van der Waals surface area contributed by atoms with Crippen molar-refractivity contribution >= 4 is 0 Å². The highest BCUT2D eigenvalue weighted by Gasteiger charge is 2.29. The summed E-state index contributed by atoms with van der Waals surface area (Å²) in [7, 11) is 0. The van der Waals surface area contributed by atoms with Gasteiger partial charge in [0.1, 0.15) is 0 Å². The van der Waals surface area contributed by atoms with Gasteiger partial charge < -0.3 is 10.2 Å². The minimum absolute atomic E-state index is 0.0997. The van der Waals surface area contributed by atoms with Crippen molar-refractivity contribution < 1.29 is 10.2 Å². The molecule has 0 aromatic heterocycles. The fourth-order valence-corrected chi connectivity index (χ4v) is 2.50. The standard InChI is InChI=1S/C18H22O2/c1-13(15-9-5-3-6-10-15)17(19)18(20)14(2)16-11-7-4-8-12-16/h3-14,17-20H,1-2H3/t13-,14-,17-,18+/m1/s1. The van der Waals surface area contributed by atoms with Gasteiger partial charge in [-0.05, 0) is 11.1 Å². The number of hydrogen-bond acceptors (Lipinski definition) is 2. The summed E-state index contributed by atoms with van der Waals surface area (Å²) < 4.78 is 0. The molecule has 0 spiro atoms. The molecular formula is C18H22O2. The molecule has 0 bridgehead atoms. The first-order valence-corrected chi connectivity index (χ1v) is 7.07. The Labute approximate surface area is 120 Å². The molecule has 4 atom stereocenters. The molecule has 106 valence electrons. The van der Waals surface area contributed by atoms with Gasteiger partial charge in [0.2, 0.25) is 0 Å². The zero-order chi connectivity index (χ0) is 14.5. The highest BCUT2D eigenvalue weighted by molar-refractivity contribution is 5.23. The number of rotatable bonds is 5. The van der Waals surface area contributed by atoms with Crippen LogP contribution in [0.3, 0.4) is 0 Å². The fraction of sp³-hybridized carbons (Fsp3) is 0.333. The summed E-state index contributed by atoms with van der Waals surface area (Å²) in [6.07, 6.45) is -1.57. The minimum atomic E-state index is -0.785. The molecule has 2 nitrogen and oxygen atoms in total. The van der Waals surface area contributed by atoms with Crippen molar-refractivity contribution in [3.8, 4) is 0 Å². The fourth-order valence-electron chi connectivity index (χ4n) is 2.50. The second kappa shape index (κ2) is 6.69. The quantitative estimate of drug-likeness (QED) is 0.875. The molecule has 0 radical (unpaired) electrons. The van der Waals surface area contributed by atoms with E-state index in [1.165, 1.54) is 0 Å². The van der Waals surface area contributed by atoms with Crippen LogP contribution in [0.1, 0.15) is 36.8 Å². The predicted molar refractivity (Wildman–Crippen MR) is 81.7 cm³/mol. The van der Waals surface area contributed by atoms with Gasteiger partial charge in [0, 0.05) is 11.8 Å². The molecule has 2 rings (SSSR count). The predicted octanol–water partition coefficient (Wildman–Crippen LogP) is 3.32. The highest BCUT2D eigenvalue weighted by Crippen LogP contribution is 2.28. The van der Waals surface area contributed by atoms with Crippen LogP contribution in [-0.2, 0) is 0 Å². The smallest absolute Gasteiger partial charge is 0.0870 e. The van der Waals surface area contributed by atoms with E-state index in [-0.39, 0.29) is 11.8 Å². The summed E-state index contributed by atoms with van der Waals surface area (Å²) in [5, 5.41) is 20.8. The normalized spacial score (nSPS) is 17.2. The van der Waals surface area contributed by atoms with E-state index in [1.54, 1.807) is 0 Å². The molecule has 0 unspecified atom stereocenters. The second-order valence-electron chi connectivity index (χ2n) is 5.38. The lowest BCUT2D eigenvalue weighted by atomic mass is 9.84. The molecule has 2 N–H and O–H groups in total. The number of aliphatic hydroxyl groups excluding tert-OH is 2. The van der Waals surface area contributed by atoms with Crippen LogP contribution in [0.5, 0.6) is 0 Å². The van der Waals surface area contributed by atoms with Gasteiger partial charge >= 0.3 is 0 Å². The zero-order valence-corrected chi connectivity index (χ0v) is 12.0. The van der Waals surface area contributed by atoms with Crippen molar-refractivity contribution in [2.45, 2.75) is 37.9 Å². The molecule has 2 aromatic rings. The molecule has 0 aliphatic carbocycles. The van der Waals surface area contributed by atoms with Gasteiger partial charge in [0.05, 0.1) is 12.2 Å². The van der Waals surface area contributed by atoms with E-state index >= 15 is 0 Å². The lowest BCUT2D eigenvalue weighted by molar-refractivity contribution is -0.00670. The third-order valence-electron chi connectivity index (χ3n) is 4.03. The zero-order valence-electron chi connectivity index (χ0n) is 12.0. The largest absolute Gasteiger partial charge is 0.390 e. The van der Waals surface area contributed by atoms with Gasteiger partial charge in [0.15, 0.2) is 0 Å². The Morgan fingerprint density at radius 3 is 1.20 bits per heavy atom. The first-order chi connectivity index (χ1) is 9.61. The summed E-state index contributed by atoms with van der Waals surface area (Å²) in [6.45, 7) is 3.89. The van der Waals surface area contributed by atoms with Crippen LogP contribution in [0.2, 0.25) is 0 Å². The lowest BCUT2D eigenvalue weighted by Gasteiger charge is -2.28. The first kappa shape index (κ1) is 14.8. The molecule has 0 amide bonds. The third-order valence-corrected chi connectivity index (χ3v) is 4.03. The van der Waals surface area contributed by atoms with Crippen molar-refractivity contribution in [3.63, 3.8) is 0 Å². The lowest BCUT2D eigenvalue weighted by Crippen LogP contribution is -2.34. The Bertz CT molecular complexity index is 460. The van der Waals surface area contributed by atoms with Gasteiger partial charge in [-0.1, -0.05) is 74.5 Å². The van der Waals surface area contributed by atoms with Crippen LogP contribution in [0.25, 0.3) is 0 Å². The van der Waals surface area contributed by atoms with Crippen LogP contribution >= 0.6 is 0 Å². The Kier molecular flexibility index (Phi) is 4.94. The van der Waals surface area contributed by atoms with Gasteiger partial charge in [-0.3, -0.25) is 0 Å². The first-order valence-electron chi connectivity index (χ1n) is 7.07. The van der Waals surface area contributed by atoms with E-state index in [9.17, 15) is 10.2 Å². The van der Waals surface area contributed by atoms with Crippen molar-refractivity contribution in [1.82, 2.24) is 0 Å². The molecule has 2 heteroatoms. The minimum Gasteiger partial charge on any atom is -0.390 e. The maximum Gasteiger partial charge on any atom is 0.0870 e. The maximum absolute atomic E-state index is 10.4. The summed E-state index contributed by atoms with van der Waals surface area (Å²) >= 11 is 0. The molecule has 0 heterocycles. The van der Waals surface area contributed by atoms with Crippen LogP contribution in [0, 0.1) is 0 Å². The SMILES string of the molecule is C[C@H](c1ccccc1)[C@H](O)[C@H](O)[C@H](C)c1ccccc1.